The van der Waals surface area contributed by atoms with Crippen molar-refractivity contribution in [1.29, 1.82) is 0 Å². The molecular weight excluding hydrogens is 819 g/mol. The van der Waals surface area contributed by atoms with E-state index >= 15 is 0 Å². The van der Waals surface area contributed by atoms with Gasteiger partial charge in [-0.15, -0.1) is 5.73 Å². The zero-order valence-corrected chi connectivity index (χ0v) is 38.9. The summed E-state index contributed by atoms with van der Waals surface area (Å²) in [6.07, 6.45) is 52.8. The SMILES string of the molecule is C1=CC(N(C2=CC3C=CC=CCC3C=C2)C2C=c3ccccc3=CC2)C=CC=1C1=CC(C2C=C(c3ccc(CC(C4=Cc5ccccc5CC4)c4ccc5ccccc5c4)cc3)C=CC2)CC=C1. The lowest BCUT2D eigenvalue weighted by Gasteiger charge is -2.40. The molecule has 7 aliphatic rings. The summed E-state index contributed by atoms with van der Waals surface area (Å²) in [5.41, 5.74) is 17.4. The Kier molecular flexibility index (Phi) is 11.7. The Bertz CT molecular complexity index is 3290. The van der Waals surface area contributed by atoms with Crippen LogP contribution >= 0.6 is 0 Å². The molecule has 5 aromatic carbocycles. The van der Waals surface area contributed by atoms with Gasteiger partial charge in [0, 0.05) is 23.1 Å². The third kappa shape index (κ3) is 8.76. The van der Waals surface area contributed by atoms with Crippen LogP contribution in [0.5, 0.6) is 0 Å². The molecule has 1 heteroatoms. The molecule has 0 heterocycles. The lowest BCUT2D eigenvalue weighted by atomic mass is 9.78. The van der Waals surface area contributed by atoms with Crippen LogP contribution in [0.25, 0.3) is 34.6 Å². The lowest BCUT2D eigenvalue weighted by molar-refractivity contribution is 0.294. The minimum absolute atomic E-state index is 0.106. The number of hydrogen-bond acceptors (Lipinski definition) is 1. The van der Waals surface area contributed by atoms with E-state index in [0.717, 1.165) is 44.9 Å². The molecule has 0 aliphatic heterocycles. The zero-order valence-electron chi connectivity index (χ0n) is 38.9. The minimum Gasteiger partial charge on any atom is -0.354 e. The van der Waals surface area contributed by atoms with E-state index in [-0.39, 0.29) is 12.1 Å². The van der Waals surface area contributed by atoms with E-state index in [2.05, 4.69) is 241 Å². The van der Waals surface area contributed by atoms with Crippen molar-refractivity contribution in [1.82, 2.24) is 4.90 Å². The molecule has 0 aromatic heterocycles. The van der Waals surface area contributed by atoms with E-state index < -0.39 is 0 Å². The van der Waals surface area contributed by atoms with Gasteiger partial charge in [-0.1, -0.05) is 218 Å². The maximum Gasteiger partial charge on any atom is 0.0740 e. The second-order valence-electron chi connectivity index (χ2n) is 19.9. The summed E-state index contributed by atoms with van der Waals surface area (Å²) >= 11 is 0. The van der Waals surface area contributed by atoms with Crippen molar-refractivity contribution in [3.05, 3.63) is 279 Å². The zero-order chi connectivity index (χ0) is 45.2. The van der Waals surface area contributed by atoms with Gasteiger partial charge in [0.1, 0.15) is 0 Å². The van der Waals surface area contributed by atoms with E-state index in [1.807, 2.05) is 0 Å². The molecule has 12 rings (SSSR count). The summed E-state index contributed by atoms with van der Waals surface area (Å²) in [6, 6.07) is 43.5. The van der Waals surface area contributed by atoms with Gasteiger partial charge in [-0.3, -0.25) is 0 Å². The summed E-state index contributed by atoms with van der Waals surface area (Å²) < 4.78 is 0. The second-order valence-corrected chi connectivity index (χ2v) is 19.9. The molecule has 7 aliphatic carbocycles. The van der Waals surface area contributed by atoms with Crippen LogP contribution in [0.4, 0.5) is 0 Å². The van der Waals surface area contributed by atoms with Crippen LogP contribution in [0, 0.1) is 23.7 Å². The molecule has 7 unspecified atom stereocenters. The molecule has 0 amide bonds. The van der Waals surface area contributed by atoms with Gasteiger partial charge >= 0.3 is 0 Å². The average Bonchev–Trinajstić information content (AvgIpc) is 3.66. The second kappa shape index (κ2) is 18.8. The van der Waals surface area contributed by atoms with Gasteiger partial charge < -0.3 is 4.90 Å². The van der Waals surface area contributed by atoms with E-state index in [9.17, 15) is 0 Å². The third-order valence-electron chi connectivity index (χ3n) is 15.6. The van der Waals surface area contributed by atoms with E-state index in [1.54, 1.807) is 0 Å². The number of benzene rings is 5. The van der Waals surface area contributed by atoms with Crippen LogP contribution in [0.1, 0.15) is 65.8 Å². The summed E-state index contributed by atoms with van der Waals surface area (Å²) in [4.78, 5) is 2.63. The van der Waals surface area contributed by atoms with Crippen LogP contribution in [0.15, 0.2) is 241 Å². The van der Waals surface area contributed by atoms with Crippen molar-refractivity contribution >= 4 is 34.6 Å². The van der Waals surface area contributed by atoms with Gasteiger partial charge in [0.15, 0.2) is 0 Å². The molecule has 0 bridgehead atoms. The maximum absolute atomic E-state index is 3.81. The smallest absolute Gasteiger partial charge is 0.0740 e. The summed E-state index contributed by atoms with van der Waals surface area (Å²) in [5.74, 6) is 2.12. The molecule has 5 aromatic rings. The van der Waals surface area contributed by atoms with Crippen molar-refractivity contribution in [3.8, 4) is 0 Å². The van der Waals surface area contributed by atoms with Gasteiger partial charge in [-0.2, -0.15) is 0 Å². The highest BCUT2D eigenvalue weighted by Gasteiger charge is 2.30. The third-order valence-corrected chi connectivity index (χ3v) is 15.6. The number of nitrogens with zero attached hydrogens (tertiary/aromatic N) is 1. The standard InChI is InChI=1S/C67H59N/c1-2-12-50-34-38-65(45-60(50)16-3-1)68(66-39-35-51-15-6-9-19-61(51)46-66)64-36-32-53(33-37-64)57-21-11-23-59(42-57)58-22-10-20-56(41-58)52-26-24-47(25-27-52)40-67(62-30-28-48-13-4-7-17-54(48)43-62)63-31-29-49-14-5-8-18-55(49)44-63/h1-11,13-21,24-28,30,32,34-38,41-46,50,58-60,64,66-67H,12,22-23,29,31,39-40H2. The van der Waals surface area contributed by atoms with Crippen LogP contribution in [-0.2, 0) is 12.8 Å². The summed E-state index contributed by atoms with van der Waals surface area (Å²) in [5, 5.41) is 5.27. The Morgan fingerprint density at radius 2 is 1.37 bits per heavy atom. The Morgan fingerprint density at radius 1 is 0.588 bits per heavy atom. The normalized spacial score (nSPS) is 24.7. The molecule has 68 heavy (non-hydrogen) atoms. The highest BCUT2D eigenvalue weighted by Crippen LogP contribution is 2.40. The fourth-order valence-electron chi connectivity index (χ4n) is 11.9. The molecular formula is C67H59N. The molecule has 7 atom stereocenters. The van der Waals surface area contributed by atoms with Crippen LogP contribution in [0.3, 0.4) is 0 Å². The topological polar surface area (TPSA) is 3.24 Å². The maximum atomic E-state index is 3.81. The lowest BCUT2D eigenvalue weighted by Crippen LogP contribution is -2.44. The Hall–Kier alpha value is -7.18. The number of aryl methyl sites for hydroxylation is 1. The monoisotopic (exact) mass is 877 g/mol. The van der Waals surface area contributed by atoms with E-state index in [4.69, 9.17) is 0 Å². The van der Waals surface area contributed by atoms with Crippen LogP contribution in [-0.4, -0.2) is 17.0 Å². The Balaban J connectivity index is 0.778. The predicted octanol–water partition coefficient (Wildman–Crippen LogP) is 14.2. The highest BCUT2D eigenvalue weighted by molar-refractivity contribution is 5.83. The molecule has 0 saturated heterocycles. The molecule has 0 fully saturated rings. The highest BCUT2D eigenvalue weighted by atomic mass is 15.2. The Morgan fingerprint density at radius 3 is 2.24 bits per heavy atom. The molecule has 0 radical (unpaired) electrons. The molecule has 332 valence electrons. The summed E-state index contributed by atoms with van der Waals surface area (Å²) in [7, 11) is 0. The van der Waals surface area contributed by atoms with Gasteiger partial charge in [0.05, 0.1) is 12.1 Å². The first-order valence-corrected chi connectivity index (χ1v) is 25.2. The number of rotatable bonds is 10. The van der Waals surface area contributed by atoms with Crippen molar-refractivity contribution < 1.29 is 0 Å². The van der Waals surface area contributed by atoms with Crippen molar-refractivity contribution in [2.24, 2.45) is 23.7 Å². The van der Waals surface area contributed by atoms with Crippen LogP contribution in [0.2, 0.25) is 0 Å². The van der Waals surface area contributed by atoms with Gasteiger partial charge in [-0.05, 0) is 141 Å². The van der Waals surface area contributed by atoms with E-state index in [0.29, 0.717) is 29.6 Å². The number of allylic oxidation sites excluding steroid dienone is 17. The van der Waals surface area contributed by atoms with Gasteiger partial charge in [-0.25, -0.2) is 0 Å². The van der Waals surface area contributed by atoms with Gasteiger partial charge in [0.2, 0.25) is 0 Å². The Labute approximate surface area is 403 Å². The number of fused-ring (bicyclic) bond motifs is 4. The molecule has 0 saturated carbocycles. The molecule has 0 spiro atoms. The minimum atomic E-state index is 0.106. The predicted molar refractivity (Wildman–Crippen MR) is 287 cm³/mol. The van der Waals surface area contributed by atoms with Crippen molar-refractivity contribution in [2.45, 2.75) is 62.9 Å². The van der Waals surface area contributed by atoms with Crippen molar-refractivity contribution in [3.63, 3.8) is 0 Å². The summed E-state index contributed by atoms with van der Waals surface area (Å²) in [6.45, 7) is 0. The first-order chi connectivity index (χ1) is 33.6. The van der Waals surface area contributed by atoms with Gasteiger partial charge in [0.25, 0.3) is 0 Å². The number of hydrogen-bond donors (Lipinski definition) is 0. The fourth-order valence-corrected chi connectivity index (χ4v) is 11.9. The van der Waals surface area contributed by atoms with E-state index in [1.165, 1.54) is 77.0 Å². The van der Waals surface area contributed by atoms with Crippen molar-refractivity contribution in [2.75, 3.05) is 0 Å². The fraction of sp³-hybridized carbons (Fsp3) is 0.209. The average molecular weight is 878 g/mol. The first-order valence-electron chi connectivity index (χ1n) is 25.2. The molecule has 1 nitrogen and oxygen atoms in total. The quantitative estimate of drug-likeness (QED) is 0.126. The first kappa shape index (κ1) is 42.2. The largest absolute Gasteiger partial charge is 0.354 e. The molecule has 0 N–H and O–H groups in total. The van der Waals surface area contributed by atoms with Crippen LogP contribution < -0.4 is 10.4 Å².